The van der Waals surface area contributed by atoms with Crippen LogP contribution in [0.3, 0.4) is 0 Å². The Balaban J connectivity index is 1.67. The second kappa shape index (κ2) is 8.97. The van der Waals surface area contributed by atoms with Gasteiger partial charge in [-0.05, 0) is 69.2 Å². The van der Waals surface area contributed by atoms with Crippen LogP contribution in [0.1, 0.15) is 82.9 Å². The van der Waals surface area contributed by atoms with Gasteiger partial charge in [-0.3, -0.25) is 4.57 Å². The Hall–Kier alpha value is -1.43. The smallest absolute Gasteiger partial charge is 0.140 e. The number of hydrogen-bond donors (Lipinski definition) is 1. The molecule has 1 unspecified atom stereocenters. The third kappa shape index (κ3) is 4.30. The van der Waals surface area contributed by atoms with Crippen LogP contribution in [0.5, 0.6) is 0 Å². The molecular weight excluding hydrogens is 396 g/mol. The van der Waals surface area contributed by atoms with Crippen molar-refractivity contribution in [2.24, 2.45) is 0 Å². The molecule has 164 valence electrons. The van der Waals surface area contributed by atoms with Crippen molar-refractivity contribution >= 4 is 11.6 Å². The van der Waals surface area contributed by atoms with Gasteiger partial charge in [-0.15, -0.1) is 10.2 Å². The van der Waals surface area contributed by atoms with E-state index in [1.807, 2.05) is 6.07 Å². The van der Waals surface area contributed by atoms with Crippen molar-refractivity contribution in [1.82, 2.24) is 20.1 Å². The zero-order chi connectivity index (χ0) is 21.3. The molecule has 1 N–H and O–H groups in total. The van der Waals surface area contributed by atoms with Crippen LogP contribution in [0.2, 0.25) is 5.02 Å². The van der Waals surface area contributed by atoms with Gasteiger partial charge in [0.05, 0.1) is 11.3 Å². The Morgan fingerprint density at radius 3 is 2.63 bits per heavy atom. The summed E-state index contributed by atoms with van der Waals surface area (Å²) in [7, 11) is 0. The zero-order valence-electron chi connectivity index (χ0n) is 18.7. The van der Waals surface area contributed by atoms with E-state index in [4.69, 9.17) is 21.4 Å². The molecule has 2 aromatic rings. The maximum atomic E-state index is 6.38. The number of hydrogen-bond acceptors (Lipinski definition) is 4. The molecule has 0 amide bonds. The summed E-state index contributed by atoms with van der Waals surface area (Å²) in [4.78, 5) is 0. The molecule has 4 rings (SSSR count). The number of ether oxygens (including phenoxy) is 1. The van der Waals surface area contributed by atoms with Crippen molar-refractivity contribution in [2.75, 3.05) is 6.61 Å². The number of fused-ring (bicyclic) bond motifs is 3. The van der Waals surface area contributed by atoms with Gasteiger partial charge < -0.3 is 10.1 Å². The van der Waals surface area contributed by atoms with Gasteiger partial charge in [0.1, 0.15) is 11.6 Å². The molecule has 0 radical (unpaired) electrons. The molecule has 1 aliphatic heterocycles. The van der Waals surface area contributed by atoms with Crippen LogP contribution >= 0.6 is 11.6 Å². The number of rotatable bonds is 6. The Bertz CT molecular complexity index is 870. The lowest BCUT2D eigenvalue weighted by Gasteiger charge is -2.39. The average molecular weight is 431 g/mol. The quantitative estimate of drug-likeness (QED) is 0.681. The molecule has 1 fully saturated rings. The topological polar surface area (TPSA) is 52.0 Å². The second-order valence-corrected chi connectivity index (χ2v) is 9.69. The van der Waals surface area contributed by atoms with E-state index in [1.165, 1.54) is 11.3 Å². The minimum atomic E-state index is 0.0462. The van der Waals surface area contributed by atoms with Crippen molar-refractivity contribution in [1.29, 1.82) is 0 Å². The molecule has 5 nitrogen and oxygen atoms in total. The summed E-state index contributed by atoms with van der Waals surface area (Å²) in [6, 6.07) is 7.00. The van der Waals surface area contributed by atoms with Gasteiger partial charge >= 0.3 is 0 Å². The SMILES string of the molecule is CCOC1(CC)CCC(c2nnc3n2-c2ccc(Cl)cc2CC(NC(C)C)C3)CC1. The summed E-state index contributed by atoms with van der Waals surface area (Å²) in [5.74, 6) is 2.59. The van der Waals surface area contributed by atoms with Crippen LogP contribution in [-0.2, 0) is 17.6 Å². The number of nitrogens with zero attached hydrogens (tertiary/aromatic N) is 3. The molecule has 1 saturated carbocycles. The summed E-state index contributed by atoms with van der Waals surface area (Å²) in [6.07, 6.45) is 7.29. The predicted molar refractivity (Wildman–Crippen MR) is 122 cm³/mol. The Morgan fingerprint density at radius 2 is 1.97 bits per heavy atom. The summed E-state index contributed by atoms with van der Waals surface area (Å²) >= 11 is 6.38. The van der Waals surface area contributed by atoms with Gasteiger partial charge in [0, 0.05) is 36.1 Å². The maximum absolute atomic E-state index is 6.38. The lowest BCUT2D eigenvalue weighted by atomic mass is 9.77. The molecule has 1 aromatic heterocycles. The van der Waals surface area contributed by atoms with E-state index in [2.05, 4.69) is 54.8 Å². The largest absolute Gasteiger partial charge is 0.375 e. The third-order valence-corrected chi connectivity index (χ3v) is 7.09. The molecule has 6 heteroatoms. The van der Waals surface area contributed by atoms with Gasteiger partial charge in [-0.25, -0.2) is 0 Å². The monoisotopic (exact) mass is 430 g/mol. The van der Waals surface area contributed by atoms with E-state index in [9.17, 15) is 0 Å². The van der Waals surface area contributed by atoms with Gasteiger partial charge in [-0.2, -0.15) is 0 Å². The summed E-state index contributed by atoms with van der Waals surface area (Å²) in [5, 5.41) is 13.9. The molecule has 0 bridgehead atoms. The van der Waals surface area contributed by atoms with E-state index in [0.717, 1.165) is 68.2 Å². The first-order valence-electron chi connectivity index (χ1n) is 11.6. The van der Waals surface area contributed by atoms with Crippen molar-refractivity contribution in [3.8, 4) is 5.69 Å². The summed E-state index contributed by atoms with van der Waals surface area (Å²) < 4.78 is 8.50. The summed E-state index contributed by atoms with van der Waals surface area (Å²) in [5.41, 5.74) is 2.51. The highest BCUT2D eigenvalue weighted by molar-refractivity contribution is 6.30. The number of nitrogens with one attached hydrogen (secondary N) is 1. The van der Waals surface area contributed by atoms with E-state index in [0.29, 0.717) is 18.0 Å². The minimum absolute atomic E-state index is 0.0462. The molecule has 2 aliphatic rings. The highest BCUT2D eigenvalue weighted by Gasteiger charge is 2.37. The molecule has 2 heterocycles. The molecule has 0 spiro atoms. The van der Waals surface area contributed by atoms with Crippen LogP contribution in [0, 0.1) is 0 Å². The predicted octanol–water partition coefficient (Wildman–Crippen LogP) is 5.23. The van der Waals surface area contributed by atoms with Gasteiger partial charge in [0.25, 0.3) is 0 Å². The highest BCUT2D eigenvalue weighted by atomic mass is 35.5. The minimum Gasteiger partial charge on any atom is -0.375 e. The first kappa shape index (κ1) is 21.8. The lowest BCUT2D eigenvalue weighted by Crippen LogP contribution is -2.37. The third-order valence-electron chi connectivity index (χ3n) is 6.86. The molecule has 0 saturated heterocycles. The zero-order valence-corrected chi connectivity index (χ0v) is 19.5. The van der Waals surface area contributed by atoms with E-state index in [-0.39, 0.29) is 5.60 Å². The van der Waals surface area contributed by atoms with Crippen molar-refractivity contribution in [3.05, 3.63) is 40.4 Å². The van der Waals surface area contributed by atoms with Crippen LogP contribution < -0.4 is 5.32 Å². The fraction of sp³-hybridized carbons (Fsp3) is 0.667. The molecule has 30 heavy (non-hydrogen) atoms. The standard InChI is InChI=1S/C24H35ClN4O/c1-5-24(30-6-2)11-9-17(10-12-24)23-28-27-22-15-20(26-16(3)4)14-18-13-19(25)7-8-21(18)29(22)23/h7-8,13,16-17,20,26H,5-6,9-12,14-15H2,1-4H3. The average Bonchev–Trinajstić information content (AvgIpc) is 3.05. The first-order valence-corrected chi connectivity index (χ1v) is 12.0. The Kier molecular flexibility index (Phi) is 6.52. The van der Waals surface area contributed by atoms with Gasteiger partial charge in [-0.1, -0.05) is 32.4 Å². The fourth-order valence-corrected chi connectivity index (χ4v) is 5.58. The van der Waals surface area contributed by atoms with Crippen LogP contribution in [0.15, 0.2) is 18.2 Å². The lowest BCUT2D eigenvalue weighted by molar-refractivity contribution is -0.0705. The van der Waals surface area contributed by atoms with Crippen molar-refractivity contribution < 1.29 is 4.74 Å². The van der Waals surface area contributed by atoms with Gasteiger partial charge in [0.15, 0.2) is 0 Å². The molecule has 1 atom stereocenters. The molecular formula is C24H35ClN4O. The van der Waals surface area contributed by atoms with E-state index in [1.54, 1.807) is 0 Å². The highest BCUT2D eigenvalue weighted by Crippen LogP contribution is 2.42. The fourth-order valence-electron chi connectivity index (χ4n) is 5.38. The van der Waals surface area contributed by atoms with Crippen molar-refractivity contribution in [2.45, 2.75) is 96.2 Å². The van der Waals surface area contributed by atoms with Crippen LogP contribution in [0.4, 0.5) is 0 Å². The summed E-state index contributed by atoms with van der Waals surface area (Å²) in [6.45, 7) is 9.53. The first-order chi connectivity index (χ1) is 14.4. The van der Waals surface area contributed by atoms with Crippen LogP contribution in [0.25, 0.3) is 5.69 Å². The number of aromatic nitrogens is 3. The Morgan fingerprint density at radius 1 is 1.20 bits per heavy atom. The number of benzene rings is 1. The van der Waals surface area contributed by atoms with Crippen LogP contribution in [-0.4, -0.2) is 39.1 Å². The van der Waals surface area contributed by atoms with Crippen molar-refractivity contribution in [3.63, 3.8) is 0 Å². The van der Waals surface area contributed by atoms with E-state index >= 15 is 0 Å². The van der Waals surface area contributed by atoms with Gasteiger partial charge in [0.2, 0.25) is 0 Å². The molecule has 1 aliphatic carbocycles. The molecule has 1 aromatic carbocycles. The second-order valence-electron chi connectivity index (χ2n) is 9.25. The maximum Gasteiger partial charge on any atom is 0.140 e. The number of halogens is 1. The van der Waals surface area contributed by atoms with E-state index < -0.39 is 0 Å². The Labute approximate surface area is 185 Å². The normalized spacial score (nSPS) is 26.3.